The van der Waals surface area contributed by atoms with Crippen LogP contribution in [0.4, 0.5) is 5.82 Å². The Kier molecular flexibility index (Phi) is 4.39. The standard InChI is InChI=1S/C16H18BrN3O/c1-21-13-7-5-12(6-8-13)11-20-9-3-2-4-14-16(20)19-15(17)10-18-14/h5-8,10H,2-4,9,11H2,1H3. The molecular formula is C16H18BrN3O. The highest BCUT2D eigenvalue weighted by atomic mass is 79.9. The Bertz CT molecular complexity index is 615. The van der Waals surface area contributed by atoms with Gasteiger partial charge >= 0.3 is 0 Å². The van der Waals surface area contributed by atoms with Crippen molar-refractivity contribution in [2.75, 3.05) is 18.6 Å². The Labute approximate surface area is 133 Å². The number of fused-ring (bicyclic) bond motifs is 1. The number of halogens is 1. The number of rotatable bonds is 3. The lowest BCUT2D eigenvalue weighted by molar-refractivity contribution is 0.414. The molecule has 1 aliphatic rings. The molecular weight excluding hydrogens is 330 g/mol. The largest absolute Gasteiger partial charge is 0.497 e. The van der Waals surface area contributed by atoms with Gasteiger partial charge in [0.25, 0.3) is 0 Å². The van der Waals surface area contributed by atoms with E-state index in [1.54, 1.807) is 13.3 Å². The van der Waals surface area contributed by atoms with Gasteiger partial charge in [0.1, 0.15) is 10.4 Å². The smallest absolute Gasteiger partial charge is 0.151 e. The van der Waals surface area contributed by atoms with Crippen LogP contribution in [0.2, 0.25) is 0 Å². The van der Waals surface area contributed by atoms with Crippen molar-refractivity contribution in [3.05, 3.63) is 46.3 Å². The van der Waals surface area contributed by atoms with Crippen LogP contribution in [0.1, 0.15) is 24.1 Å². The van der Waals surface area contributed by atoms with Gasteiger partial charge in [-0.3, -0.25) is 4.98 Å². The number of hydrogen-bond acceptors (Lipinski definition) is 4. The lowest BCUT2D eigenvalue weighted by Crippen LogP contribution is -2.25. The van der Waals surface area contributed by atoms with E-state index < -0.39 is 0 Å². The van der Waals surface area contributed by atoms with E-state index in [0.717, 1.165) is 41.4 Å². The van der Waals surface area contributed by atoms with Gasteiger partial charge in [-0.2, -0.15) is 0 Å². The van der Waals surface area contributed by atoms with Gasteiger partial charge in [-0.1, -0.05) is 12.1 Å². The molecule has 0 N–H and O–H groups in total. The number of anilines is 1. The van der Waals surface area contributed by atoms with Gasteiger partial charge in [-0.25, -0.2) is 4.98 Å². The highest BCUT2D eigenvalue weighted by Gasteiger charge is 2.18. The monoisotopic (exact) mass is 347 g/mol. The molecule has 4 nitrogen and oxygen atoms in total. The first-order valence-corrected chi connectivity index (χ1v) is 7.95. The van der Waals surface area contributed by atoms with Gasteiger partial charge in [0.2, 0.25) is 0 Å². The summed E-state index contributed by atoms with van der Waals surface area (Å²) in [7, 11) is 1.69. The van der Waals surface area contributed by atoms with Crippen LogP contribution in [0.3, 0.4) is 0 Å². The van der Waals surface area contributed by atoms with E-state index in [4.69, 9.17) is 4.74 Å². The summed E-state index contributed by atoms with van der Waals surface area (Å²) in [5.74, 6) is 1.90. The van der Waals surface area contributed by atoms with E-state index in [1.807, 2.05) is 12.1 Å². The van der Waals surface area contributed by atoms with Crippen LogP contribution in [0.25, 0.3) is 0 Å². The van der Waals surface area contributed by atoms with Crippen LogP contribution in [0, 0.1) is 0 Å². The third kappa shape index (κ3) is 3.35. The summed E-state index contributed by atoms with van der Waals surface area (Å²) < 4.78 is 6.00. The molecule has 0 bridgehead atoms. The molecule has 2 aromatic rings. The van der Waals surface area contributed by atoms with Crippen molar-refractivity contribution >= 4 is 21.7 Å². The second-order valence-corrected chi connectivity index (χ2v) is 6.00. The second kappa shape index (κ2) is 6.43. The summed E-state index contributed by atoms with van der Waals surface area (Å²) in [6.07, 6.45) is 5.14. The average molecular weight is 348 g/mol. The molecule has 0 unspecified atom stereocenters. The first-order valence-electron chi connectivity index (χ1n) is 7.15. The fourth-order valence-corrected chi connectivity index (χ4v) is 2.89. The molecule has 3 rings (SSSR count). The molecule has 21 heavy (non-hydrogen) atoms. The molecule has 0 aliphatic carbocycles. The number of methoxy groups -OCH3 is 1. The molecule has 0 saturated heterocycles. The van der Waals surface area contributed by atoms with E-state index in [2.05, 4.69) is 42.9 Å². The molecule has 0 radical (unpaired) electrons. The summed E-state index contributed by atoms with van der Waals surface area (Å²) in [5, 5.41) is 0. The summed E-state index contributed by atoms with van der Waals surface area (Å²) in [6.45, 7) is 1.87. The van der Waals surface area contributed by atoms with Gasteiger partial charge < -0.3 is 9.64 Å². The van der Waals surface area contributed by atoms with Crippen LogP contribution in [0.15, 0.2) is 35.1 Å². The zero-order valence-electron chi connectivity index (χ0n) is 12.1. The van der Waals surface area contributed by atoms with Crippen molar-refractivity contribution in [3.8, 4) is 5.75 Å². The molecule has 1 aromatic heterocycles. The molecule has 0 atom stereocenters. The predicted molar refractivity (Wildman–Crippen MR) is 86.7 cm³/mol. The lowest BCUT2D eigenvalue weighted by atomic mass is 10.2. The van der Waals surface area contributed by atoms with Crippen molar-refractivity contribution in [1.82, 2.24) is 9.97 Å². The van der Waals surface area contributed by atoms with Crippen molar-refractivity contribution in [2.45, 2.75) is 25.8 Å². The molecule has 0 spiro atoms. The fraction of sp³-hybridized carbons (Fsp3) is 0.375. The Morgan fingerprint density at radius 2 is 2.05 bits per heavy atom. The lowest BCUT2D eigenvalue weighted by Gasteiger charge is -2.23. The number of aromatic nitrogens is 2. The minimum Gasteiger partial charge on any atom is -0.497 e. The maximum atomic E-state index is 5.21. The molecule has 1 aliphatic heterocycles. The van der Waals surface area contributed by atoms with Crippen molar-refractivity contribution in [3.63, 3.8) is 0 Å². The minimum atomic E-state index is 0.794. The zero-order chi connectivity index (χ0) is 14.7. The van der Waals surface area contributed by atoms with E-state index in [9.17, 15) is 0 Å². The van der Waals surface area contributed by atoms with Crippen LogP contribution >= 0.6 is 15.9 Å². The third-order valence-electron chi connectivity index (χ3n) is 3.72. The third-order valence-corrected chi connectivity index (χ3v) is 4.10. The van der Waals surface area contributed by atoms with Gasteiger partial charge in [-0.05, 0) is 52.9 Å². The zero-order valence-corrected chi connectivity index (χ0v) is 13.6. The van der Waals surface area contributed by atoms with Crippen LogP contribution in [-0.4, -0.2) is 23.6 Å². The van der Waals surface area contributed by atoms with Gasteiger partial charge in [0, 0.05) is 13.1 Å². The van der Waals surface area contributed by atoms with Crippen molar-refractivity contribution in [2.24, 2.45) is 0 Å². The average Bonchev–Trinajstić information content (AvgIpc) is 2.70. The highest BCUT2D eigenvalue weighted by Crippen LogP contribution is 2.26. The Balaban J connectivity index is 1.85. The summed E-state index contributed by atoms with van der Waals surface area (Å²) >= 11 is 3.43. The van der Waals surface area contributed by atoms with Crippen molar-refractivity contribution in [1.29, 1.82) is 0 Å². The molecule has 2 heterocycles. The maximum Gasteiger partial charge on any atom is 0.151 e. The normalized spacial score (nSPS) is 14.5. The maximum absolute atomic E-state index is 5.21. The van der Waals surface area contributed by atoms with E-state index >= 15 is 0 Å². The predicted octanol–water partition coefficient (Wildman–Crippen LogP) is 3.59. The van der Waals surface area contributed by atoms with Crippen LogP contribution in [-0.2, 0) is 13.0 Å². The molecule has 0 amide bonds. The molecule has 1 aromatic carbocycles. The van der Waals surface area contributed by atoms with Gasteiger partial charge in [-0.15, -0.1) is 0 Å². The van der Waals surface area contributed by atoms with Crippen LogP contribution in [0.5, 0.6) is 5.75 Å². The number of hydrogen-bond donors (Lipinski definition) is 0. The topological polar surface area (TPSA) is 38.2 Å². The number of nitrogens with zero attached hydrogens (tertiary/aromatic N) is 3. The van der Waals surface area contributed by atoms with E-state index in [1.165, 1.54) is 18.4 Å². The number of benzene rings is 1. The Morgan fingerprint density at radius 1 is 1.24 bits per heavy atom. The van der Waals surface area contributed by atoms with Gasteiger partial charge in [0.05, 0.1) is 19.0 Å². The summed E-state index contributed by atoms with van der Waals surface area (Å²) in [6, 6.07) is 8.21. The molecule has 5 heteroatoms. The Morgan fingerprint density at radius 3 is 2.81 bits per heavy atom. The number of aryl methyl sites for hydroxylation is 1. The molecule has 0 saturated carbocycles. The quantitative estimate of drug-likeness (QED) is 0.850. The SMILES string of the molecule is COc1ccc(CN2CCCCc3ncc(Br)nc32)cc1. The van der Waals surface area contributed by atoms with E-state index in [0.29, 0.717) is 0 Å². The van der Waals surface area contributed by atoms with E-state index in [-0.39, 0.29) is 0 Å². The molecule has 110 valence electrons. The van der Waals surface area contributed by atoms with Gasteiger partial charge in [0.15, 0.2) is 5.82 Å². The summed E-state index contributed by atoms with van der Waals surface area (Å²) in [5.41, 5.74) is 2.36. The first kappa shape index (κ1) is 14.3. The van der Waals surface area contributed by atoms with Crippen LogP contribution < -0.4 is 9.64 Å². The first-order chi connectivity index (χ1) is 10.3. The summed E-state index contributed by atoms with van der Waals surface area (Å²) in [4.78, 5) is 11.5. The fourth-order valence-electron chi connectivity index (χ4n) is 2.62. The number of ether oxygens (including phenoxy) is 1. The second-order valence-electron chi connectivity index (χ2n) is 5.19. The minimum absolute atomic E-state index is 0.794. The Hall–Kier alpha value is -1.62. The highest BCUT2D eigenvalue weighted by molar-refractivity contribution is 9.10. The van der Waals surface area contributed by atoms with Crippen molar-refractivity contribution < 1.29 is 4.74 Å². The molecule has 0 fully saturated rings.